The van der Waals surface area contributed by atoms with E-state index in [-0.39, 0.29) is 11.9 Å². The summed E-state index contributed by atoms with van der Waals surface area (Å²) < 4.78 is 4.81. The summed E-state index contributed by atoms with van der Waals surface area (Å²) in [5.41, 5.74) is 0. The predicted molar refractivity (Wildman–Crippen MR) is 51.8 cm³/mol. The summed E-state index contributed by atoms with van der Waals surface area (Å²) in [5, 5.41) is 2.01. The van der Waals surface area contributed by atoms with Crippen molar-refractivity contribution in [2.24, 2.45) is 5.92 Å². The van der Waals surface area contributed by atoms with Gasteiger partial charge in [-0.05, 0) is 30.2 Å². The number of carbonyl (C=O) groups is 1. The Morgan fingerprint density at radius 1 is 1.69 bits per heavy atom. The quantitative estimate of drug-likeness (QED) is 0.694. The molecule has 0 amide bonds. The van der Waals surface area contributed by atoms with Crippen LogP contribution in [-0.4, -0.2) is 13.1 Å². The monoisotopic (exact) mass is 196 g/mol. The molecule has 2 nitrogen and oxygen atoms in total. The van der Waals surface area contributed by atoms with Gasteiger partial charge in [0.15, 0.2) is 0 Å². The number of rotatable bonds is 3. The summed E-state index contributed by atoms with van der Waals surface area (Å²) in [6.07, 6.45) is 2.33. The molecule has 0 N–H and O–H groups in total. The lowest BCUT2D eigenvalue weighted by atomic mass is 10.0. The lowest BCUT2D eigenvalue weighted by molar-refractivity contribution is -0.142. The lowest BCUT2D eigenvalue weighted by Gasteiger charge is -2.10. The average Bonchev–Trinajstić information content (AvgIpc) is 2.81. The van der Waals surface area contributed by atoms with E-state index in [2.05, 4.69) is 0 Å². The van der Waals surface area contributed by atoms with Gasteiger partial charge in [0.05, 0.1) is 13.0 Å². The van der Waals surface area contributed by atoms with E-state index in [4.69, 9.17) is 4.74 Å². The third kappa shape index (κ3) is 1.75. The van der Waals surface area contributed by atoms with Gasteiger partial charge in [0.25, 0.3) is 0 Å². The predicted octanol–water partition coefficient (Wildman–Crippen LogP) is 2.41. The fraction of sp³-hybridized carbons (Fsp3) is 0.500. The van der Waals surface area contributed by atoms with Crippen LogP contribution in [0.3, 0.4) is 0 Å². The van der Waals surface area contributed by atoms with Crippen molar-refractivity contribution in [2.45, 2.75) is 18.8 Å². The molecule has 0 aliphatic heterocycles. The van der Waals surface area contributed by atoms with Crippen LogP contribution in [0.2, 0.25) is 0 Å². The highest BCUT2D eigenvalue weighted by atomic mass is 32.1. The van der Waals surface area contributed by atoms with Crippen LogP contribution in [0, 0.1) is 5.92 Å². The van der Waals surface area contributed by atoms with Crippen molar-refractivity contribution in [1.82, 2.24) is 0 Å². The maximum Gasteiger partial charge on any atom is 0.314 e. The first kappa shape index (κ1) is 8.75. The molecule has 13 heavy (non-hydrogen) atoms. The topological polar surface area (TPSA) is 26.3 Å². The van der Waals surface area contributed by atoms with E-state index < -0.39 is 0 Å². The number of hydrogen-bond acceptors (Lipinski definition) is 3. The minimum Gasteiger partial charge on any atom is -0.469 e. The van der Waals surface area contributed by atoms with Gasteiger partial charge >= 0.3 is 5.97 Å². The number of esters is 1. The van der Waals surface area contributed by atoms with E-state index in [1.807, 2.05) is 17.5 Å². The first-order valence-corrected chi connectivity index (χ1v) is 5.32. The van der Waals surface area contributed by atoms with E-state index >= 15 is 0 Å². The smallest absolute Gasteiger partial charge is 0.314 e. The second-order valence-corrected chi connectivity index (χ2v) is 4.33. The molecule has 0 bridgehead atoms. The van der Waals surface area contributed by atoms with Crippen molar-refractivity contribution < 1.29 is 9.53 Å². The minimum absolute atomic E-state index is 0.00463. The van der Waals surface area contributed by atoms with Gasteiger partial charge in [-0.3, -0.25) is 4.79 Å². The van der Waals surface area contributed by atoms with Gasteiger partial charge in [0.1, 0.15) is 0 Å². The Kier molecular flexibility index (Phi) is 2.36. The molecule has 3 heteroatoms. The van der Waals surface area contributed by atoms with Crippen LogP contribution in [0.5, 0.6) is 0 Å². The van der Waals surface area contributed by atoms with E-state index in [0.717, 1.165) is 17.7 Å². The normalized spacial score (nSPS) is 18.2. The summed E-state index contributed by atoms with van der Waals surface area (Å²) in [5.74, 6) is 0.459. The van der Waals surface area contributed by atoms with Gasteiger partial charge in [0.2, 0.25) is 0 Å². The highest BCUT2D eigenvalue weighted by molar-refractivity contribution is 7.10. The number of thiophene rings is 1. The molecule has 0 radical (unpaired) electrons. The van der Waals surface area contributed by atoms with Crippen molar-refractivity contribution >= 4 is 17.3 Å². The van der Waals surface area contributed by atoms with Gasteiger partial charge in [-0.15, -0.1) is 11.3 Å². The van der Waals surface area contributed by atoms with E-state index in [1.165, 1.54) is 7.11 Å². The molecule has 1 fully saturated rings. The zero-order valence-electron chi connectivity index (χ0n) is 7.53. The van der Waals surface area contributed by atoms with Crippen molar-refractivity contribution in [3.8, 4) is 0 Å². The summed E-state index contributed by atoms with van der Waals surface area (Å²) >= 11 is 1.64. The van der Waals surface area contributed by atoms with Crippen LogP contribution in [0.4, 0.5) is 0 Å². The lowest BCUT2D eigenvalue weighted by Crippen LogP contribution is -2.14. The molecule has 1 unspecified atom stereocenters. The van der Waals surface area contributed by atoms with Gasteiger partial charge in [-0.25, -0.2) is 0 Å². The molecule has 1 aromatic rings. The minimum atomic E-state index is -0.0787. The van der Waals surface area contributed by atoms with Crippen LogP contribution in [0.1, 0.15) is 23.6 Å². The Morgan fingerprint density at radius 2 is 2.46 bits per heavy atom. The van der Waals surface area contributed by atoms with Crippen molar-refractivity contribution in [3.63, 3.8) is 0 Å². The van der Waals surface area contributed by atoms with Gasteiger partial charge < -0.3 is 4.74 Å². The SMILES string of the molecule is COC(=O)C(c1cccs1)C1CC1. The molecule has 70 valence electrons. The third-order valence-electron chi connectivity index (χ3n) is 2.40. The number of methoxy groups -OCH3 is 1. The molecule has 1 saturated carbocycles. The van der Waals surface area contributed by atoms with Gasteiger partial charge in [0, 0.05) is 4.88 Å². The number of ether oxygens (including phenoxy) is 1. The molecule has 0 aromatic carbocycles. The number of carbonyl (C=O) groups excluding carboxylic acids is 1. The molecule has 1 aliphatic rings. The first-order valence-electron chi connectivity index (χ1n) is 4.44. The van der Waals surface area contributed by atoms with Crippen molar-refractivity contribution in [1.29, 1.82) is 0 Å². The molecule has 1 aromatic heterocycles. The Morgan fingerprint density at radius 3 is 2.92 bits per heavy atom. The van der Waals surface area contributed by atoms with Crippen LogP contribution < -0.4 is 0 Å². The second-order valence-electron chi connectivity index (χ2n) is 3.35. The first-order chi connectivity index (χ1) is 6.33. The molecular weight excluding hydrogens is 184 g/mol. The summed E-state index contributed by atoms with van der Waals surface area (Å²) in [7, 11) is 1.46. The van der Waals surface area contributed by atoms with Crippen molar-refractivity contribution in [2.75, 3.05) is 7.11 Å². The second kappa shape index (κ2) is 3.50. The molecule has 2 rings (SSSR count). The molecule has 1 atom stereocenters. The summed E-state index contributed by atoms with van der Waals surface area (Å²) in [4.78, 5) is 12.6. The Labute approximate surface area is 81.5 Å². The third-order valence-corrected chi connectivity index (χ3v) is 3.35. The maximum atomic E-state index is 11.5. The van der Waals surface area contributed by atoms with Crippen LogP contribution in [0.25, 0.3) is 0 Å². The largest absolute Gasteiger partial charge is 0.469 e. The van der Waals surface area contributed by atoms with Crippen LogP contribution >= 0.6 is 11.3 Å². The van der Waals surface area contributed by atoms with E-state index in [0.29, 0.717) is 5.92 Å². The zero-order valence-corrected chi connectivity index (χ0v) is 8.34. The Balaban J connectivity index is 2.18. The standard InChI is InChI=1S/C10H12O2S/c1-12-10(11)9(7-4-5-7)8-3-2-6-13-8/h2-3,6-7,9H,4-5H2,1H3. The molecule has 0 spiro atoms. The summed E-state index contributed by atoms with van der Waals surface area (Å²) in [6.45, 7) is 0. The van der Waals surface area contributed by atoms with Crippen LogP contribution in [0.15, 0.2) is 17.5 Å². The van der Waals surface area contributed by atoms with Crippen LogP contribution in [-0.2, 0) is 9.53 Å². The summed E-state index contributed by atoms with van der Waals surface area (Å²) in [6, 6.07) is 4.00. The van der Waals surface area contributed by atoms with Crippen molar-refractivity contribution in [3.05, 3.63) is 22.4 Å². The molecule has 0 saturated heterocycles. The fourth-order valence-corrected chi connectivity index (χ4v) is 2.47. The Hall–Kier alpha value is -0.830. The fourth-order valence-electron chi connectivity index (χ4n) is 1.57. The van der Waals surface area contributed by atoms with E-state index in [9.17, 15) is 4.79 Å². The highest BCUT2D eigenvalue weighted by Gasteiger charge is 2.38. The van der Waals surface area contributed by atoms with Gasteiger partial charge in [-0.2, -0.15) is 0 Å². The molecular formula is C10H12O2S. The molecule has 1 aliphatic carbocycles. The van der Waals surface area contributed by atoms with E-state index in [1.54, 1.807) is 11.3 Å². The zero-order chi connectivity index (χ0) is 9.26. The Bertz CT molecular complexity index is 288. The maximum absolute atomic E-state index is 11.5. The van der Waals surface area contributed by atoms with Gasteiger partial charge in [-0.1, -0.05) is 6.07 Å². The average molecular weight is 196 g/mol. The molecule has 1 heterocycles. The highest BCUT2D eigenvalue weighted by Crippen LogP contribution is 2.44. The number of hydrogen-bond donors (Lipinski definition) is 0.